The molecule has 3 rings (SSSR count). The zero-order chi connectivity index (χ0) is 16.9. The smallest absolute Gasteiger partial charge is 0.246 e. The van der Waals surface area contributed by atoms with Crippen molar-refractivity contribution in [1.82, 2.24) is 15.1 Å². The zero-order valence-corrected chi connectivity index (χ0v) is 14.3. The highest BCUT2D eigenvalue weighted by atomic mass is 35.5. The monoisotopic (exact) mass is 347 g/mol. The first-order chi connectivity index (χ1) is 11.6. The fourth-order valence-corrected chi connectivity index (χ4v) is 2.80. The number of hydrogen-bond acceptors (Lipinski definition) is 3. The normalized spacial score (nSPS) is 18.8. The standard InChI is InChI=1S/C18H22ClN3O2/c19-15-4-1-14(2-5-15)3-8-18(24)22-11-9-21(10-12-22)13-17(23)20-16-6-7-16/h1-5,8,16H,6-7,9-13H2,(H,20,23). The van der Waals surface area contributed by atoms with Crippen molar-refractivity contribution in [2.45, 2.75) is 18.9 Å². The van der Waals surface area contributed by atoms with Crippen LogP contribution in [0.2, 0.25) is 5.02 Å². The molecule has 0 atom stereocenters. The molecular formula is C18H22ClN3O2. The molecule has 0 unspecified atom stereocenters. The Morgan fingerprint density at radius 1 is 1.12 bits per heavy atom. The molecule has 2 aliphatic rings. The quantitative estimate of drug-likeness (QED) is 0.826. The predicted molar refractivity (Wildman–Crippen MR) is 94.7 cm³/mol. The van der Waals surface area contributed by atoms with Gasteiger partial charge in [-0.2, -0.15) is 0 Å². The van der Waals surface area contributed by atoms with E-state index in [1.54, 1.807) is 24.3 Å². The van der Waals surface area contributed by atoms with E-state index in [4.69, 9.17) is 11.6 Å². The molecule has 24 heavy (non-hydrogen) atoms. The minimum Gasteiger partial charge on any atom is -0.352 e. The number of benzene rings is 1. The molecule has 1 saturated heterocycles. The van der Waals surface area contributed by atoms with E-state index in [0.717, 1.165) is 31.5 Å². The van der Waals surface area contributed by atoms with Crippen LogP contribution < -0.4 is 5.32 Å². The van der Waals surface area contributed by atoms with Gasteiger partial charge in [0.2, 0.25) is 11.8 Å². The molecule has 1 N–H and O–H groups in total. The zero-order valence-electron chi connectivity index (χ0n) is 13.6. The minimum absolute atomic E-state index is 0.00651. The van der Waals surface area contributed by atoms with Crippen molar-refractivity contribution in [3.63, 3.8) is 0 Å². The van der Waals surface area contributed by atoms with Gasteiger partial charge in [-0.1, -0.05) is 23.7 Å². The first-order valence-electron chi connectivity index (χ1n) is 8.34. The Kier molecular flexibility index (Phi) is 5.53. The van der Waals surface area contributed by atoms with E-state index in [1.165, 1.54) is 0 Å². The molecule has 0 bridgehead atoms. The number of hydrogen-bond donors (Lipinski definition) is 1. The Bertz CT molecular complexity index is 618. The van der Waals surface area contributed by atoms with Gasteiger partial charge in [0, 0.05) is 43.3 Å². The second kappa shape index (κ2) is 7.81. The summed E-state index contributed by atoms with van der Waals surface area (Å²) in [5.74, 6) is 0.104. The van der Waals surface area contributed by atoms with Crippen molar-refractivity contribution >= 4 is 29.5 Å². The lowest BCUT2D eigenvalue weighted by Crippen LogP contribution is -2.51. The molecule has 2 amide bonds. The van der Waals surface area contributed by atoms with Crippen molar-refractivity contribution < 1.29 is 9.59 Å². The third kappa shape index (κ3) is 5.08. The average molecular weight is 348 g/mol. The molecule has 0 spiro atoms. The number of amides is 2. The lowest BCUT2D eigenvalue weighted by atomic mass is 10.2. The van der Waals surface area contributed by atoms with Crippen molar-refractivity contribution in [2.75, 3.05) is 32.7 Å². The number of piperazine rings is 1. The van der Waals surface area contributed by atoms with Crippen LogP contribution in [0.1, 0.15) is 18.4 Å². The average Bonchev–Trinajstić information content (AvgIpc) is 3.38. The predicted octanol–water partition coefficient (Wildman–Crippen LogP) is 1.78. The van der Waals surface area contributed by atoms with Gasteiger partial charge in [0.1, 0.15) is 0 Å². The van der Waals surface area contributed by atoms with Crippen LogP contribution in [0.5, 0.6) is 0 Å². The van der Waals surface area contributed by atoms with Crippen molar-refractivity contribution in [2.24, 2.45) is 0 Å². The van der Waals surface area contributed by atoms with Crippen molar-refractivity contribution in [1.29, 1.82) is 0 Å². The van der Waals surface area contributed by atoms with E-state index >= 15 is 0 Å². The van der Waals surface area contributed by atoms with E-state index < -0.39 is 0 Å². The summed E-state index contributed by atoms with van der Waals surface area (Å²) in [6.45, 7) is 3.21. The second-order valence-electron chi connectivity index (χ2n) is 6.33. The van der Waals surface area contributed by atoms with Crippen molar-refractivity contribution in [3.05, 3.63) is 40.9 Å². The summed E-state index contributed by atoms with van der Waals surface area (Å²) in [5, 5.41) is 3.68. The topological polar surface area (TPSA) is 52.7 Å². The summed E-state index contributed by atoms with van der Waals surface area (Å²) >= 11 is 5.84. The van der Waals surface area contributed by atoms with Crippen LogP contribution >= 0.6 is 11.6 Å². The first kappa shape index (κ1) is 17.0. The number of rotatable bonds is 5. The fourth-order valence-electron chi connectivity index (χ4n) is 2.68. The summed E-state index contributed by atoms with van der Waals surface area (Å²) in [6, 6.07) is 7.76. The maximum atomic E-state index is 12.2. The molecule has 0 radical (unpaired) electrons. The van der Waals surface area contributed by atoms with Crippen LogP contribution in [-0.4, -0.2) is 60.4 Å². The van der Waals surface area contributed by atoms with Gasteiger partial charge in [0.05, 0.1) is 6.54 Å². The molecule has 2 fully saturated rings. The number of carbonyl (C=O) groups excluding carboxylic acids is 2. The summed E-state index contributed by atoms with van der Waals surface area (Å²) in [6.07, 6.45) is 5.61. The maximum absolute atomic E-state index is 12.2. The Hall–Kier alpha value is -1.85. The third-order valence-electron chi connectivity index (χ3n) is 4.28. The van der Waals surface area contributed by atoms with Gasteiger partial charge < -0.3 is 10.2 Å². The molecule has 1 aromatic carbocycles. The number of nitrogens with one attached hydrogen (secondary N) is 1. The third-order valence-corrected chi connectivity index (χ3v) is 4.53. The summed E-state index contributed by atoms with van der Waals surface area (Å²) in [4.78, 5) is 28.0. The summed E-state index contributed by atoms with van der Waals surface area (Å²) in [7, 11) is 0. The highest BCUT2D eigenvalue weighted by Gasteiger charge is 2.25. The van der Waals surface area contributed by atoms with Crippen LogP contribution in [-0.2, 0) is 9.59 Å². The largest absolute Gasteiger partial charge is 0.352 e. The first-order valence-corrected chi connectivity index (χ1v) is 8.72. The molecule has 6 heteroatoms. The van der Waals surface area contributed by atoms with Gasteiger partial charge in [-0.25, -0.2) is 0 Å². The van der Waals surface area contributed by atoms with E-state index in [1.807, 2.05) is 17.0 Å². The van der Waals surface area contributed by atoms with E-state index in [9.17, 15) is 9.59 Å². The minimum atomic E-state index is 0.00651. The molecule has 1 saturated carbocycles. The van der Waals surface area contributed by atoms with E-state index in [0.29, 0.717) is 30.7 Å². The van der Waals surface area contributed by atoms with Crippen LogP contribution in [0.25, 0.3) is 6.08 Å². The van der Waals surface area contributed by atoms with E-state index in [2.05, 4.69) is 10.2 Å². The second-order valence-corrected chi connectivity index (χ2v) is 6.76. The molecular weight excluding hydrogens is 326 g/mol. The Morgan fingerprint density at radius 3 is 2.42 bits per heavy atom. The SMILES string of the molecule is O=C(CN1CCN(C(=O)C=Cc2ccc(Cl)cc2)CC1)NC1CC1. The van der Waals surface area contributed by atoms with Gasteiger partial charge in [0.25, 0.3) is 0 Å². The highest BCUT2D eigenvalue weighted by molar-refractivity contribution is 6.30. The van der Waals surface area contributed by atoms with Gasteiger partial charge in [-0.15, -0.1) is 0 Å². The molecule has 128 valence electrons. The molecule has 1 heterocycles. The number of halogens is 1. The fraction of sp³-hybridized carbons (Fsp3) is 0.444. The van der Waals surface area contributed by atoms with Crippen LogP contribution in [0.3, 0.4) is 0 Å². The van der Waals surface area contributed by atoms with Gasteiger partial charge >= 0.3 is 0 Å². The Morgan fingerprint density at radius 2 is 1.79 bits per heavy atom. The lowest BCUT2D eigenvalue weighted by Gasteiger charge is -2.33. The number of carbonyl (C=O) groups is 2. The van der Waals surface area contributed by atoms with Crippen LogP contribution in [0.4, 0.5) is 0 Å². The lowest BCUT2D eigenvalue weighted by molar-refractivity contribution is -0.128. The Balaban J connectivity index is 1.42. The van der Waals surface area contributed by atoms with Crippen molar-refractivity contribution in [3.8, 4) is 0 Å². The van der Waals surface area contributed by atoms with Gasteiger partial charge in [0.15, 0.2) is 0 Å². The van der Waals surface area contributed by atoms with Gasteiger partial charge in [-0.05, 0) is 36.6 Å². The highest BCUT2D eigenvalue weighted by Crippen LogP contribution is 2.18. The van der Waals surface area contributed by atoms with Crippen LogP contribution in [0.15, 0.2) is 30.3 Å². The summed E-state index contributed by atoms with van der Waals surface area (Å²) in [5.41, 5.74) is 0.947. The summed E-state index contributed by atoms with van der Waals surface area (Å²) < 4.78 is 0. The molecule has 1 aromatic rings. The van der Waals surface area contributed by atoms with E-state index in [-0.39, 0.29) is 11.8 Å². The molecule has 5 nitrogen and oxygen atoms in total. The maximum Gasteiger partial charge on any atom is 0.246 e. The number of nitrogens with zero attached hydrogens (tertiary/aromatic N) is 2. The van der Waals surface area contributed by atoms with Crippen LogP contribution in [0, 0.1) is 0 Å². The molecule has 0 aromatic heterocycles. The Labute approximate surface area is 147 Å². The van der Waals surface area contributed by atoms with Gasteiger partial charge in [-0.3, -0.25) is 14.5 Å². The molecule has 1 aliphatic heterocycles. The molecule has 1 aliphatic carbocycles.